The zero-order valence-corrected chi connectivity index (χ0v) is 17.2. The number of carbonyl (C=O) groups is 3. The monoisotopic (exact) mass is 399 g/mol. The lowest BCUT2D eigenvalue weighted by Gasteiger charge is -2.26. The number of aryl methyl sites for hydroxylation is 2. The van der Waals surface area contributed by atoms with Crippen LogP contribution in [0.4, 0.5) is 10.5 Å². The Kier molecular flexibility index (Phi) is 5.32. The van der Waals surface area contributed by atoms with Crippen LogP contribution in [0.3, 0.4) is 0 Å². The van der Waals surface area contributed by atoms with Crippen LogP contribution < -0.4 is 15.4 Å². The Balaban J connectivity index is 1.81. The molecule has 0 aliphatic carbocycles. The summed E-state index contributed by atoms with van der Waals surface area (Å²) in [5, 5.41) is 9.77. The molecule has 1 aliphatic heterocycles. The molecule has 4 amide bonds. The smallest absolute Gasteiger partial charge is 0.325 e. The summed E-state index contributed by atoms with van der Waals surface area (Å²) < 4.78 is 6.81. The highest BCUT2D eigenvalue weighted by atomic mass is 16.5. The van der Waals surface area contributed by atoms with Gasteiger partial charge < -0.3 is 15.4 Å². The van der Waals surface area contributed by atoms with E-state index in [1.807, 2.05) is 13.8 Å². The molecule has 1 atom stereocenters. The van der Waals surface area contributed by atoms with Gasteiger partial charge in [-0.3, -0.25) is 19.2 Å². The predicted octanol–water partition coefficient (Wildman–Crippen LogP) is 1.84. The number of anilines is 1. The maximum atomic E-state index is 13.2. The Bertz CT molecular complexity index is 966. The molecule has 1 fully saturated rings. The molecule has 1 saturated heterocycles. The highest BCUT2D eigenvalue weighted by Crippen LogP contribution is 2.33. The first kappa shape index (κ1) is 20.4. The summed E-state index contributed by atoms with van der Waals surface area (Å²) in [6.45, 7) is 5.04. The number of benzene rings is 1. The van der Waals surface area contributed by atoms with Gasteiger partial charge in [-0.15, -0.1) is 0 Å². The van der Waals surface area contributed by atoms with Crippen molar-refractivity contribution in [3.05, 3.63) is 41.2 Å². The minimum absolute atomic E-state index is 0.350. The maximum Gasteiger partial charge on any atom is 0.325 e. The van der Waals surface area contributed by atoms with Crippen LogP contribution in [-0.2, 0) is 22.2 Å². The number of carbonyl (C=O) groups excluding carboxylic acids is 3. The Morgan fingerprint density at radius 1 is 1.24 bits per heavy atom. The second kappa shape index (κ2) is 7.57. The number of methoxy groups -OCH3 is 1. The minimum atomic E-state index is -1.20. The van der Waals surface area contributed by atoms with Crippen molar-refractivity contribution in [2.24, 2.45) is 7.05 Å². The van der Waals surface area contributed by atoms with E-state index in [2.05, 4.69) is 15.7 Å². The van der Waals surface area contributed by atoms with Crippen LogP contribution in [0.5, 0.6) is 5.75 Å². The molecule has 0 radical (unpaired) electrons. The van der Waals surface area contributed by atoms with Crippen LogP contribution in [-0.4, -0.2) is 46.2 Å². The van der Waals surface area contributed by atoms with E-state index >= 15 is 0 Å². The van der Waals surface area contributed by atoms with Crippen LogP contribution in [0.1, 0.15) is 30.3 Å². The van der Waals surface area contributed by atoms with E-state index in [9.17, 15) is 14.4 Å². The van der Waals surface area contributed by atoms with Crippen molar-refractivity contribution in [1.29, 1.82) is 0 Å². The summed E-state index contributed by atoms with van der Waals surface area (Å²) in [6.07, 6.45) is 0.350. The van der Waals surface area contributed by atoms with Crippen LogP contribution in [0.25, 0.3) is 0 Å². The Morgan fingerprint density at radius 2 is 1.90 bits per heavy atom. The molecule has 0 bridgehead atoms. The van der Waals surface area contributed by atoms with E-state index in [0.29, 0.717) is 29.1 Å². The number of nitrogens with one attached hydrogen (secondary N) is 2. The molecule has 0 saturated carbocycles. The number of nitrogens with zero attached hydrogens (tertiary/aromatic N) is 3. The molecule has 9 nitrogen and oxygen atoms in total. The van der Waals surface area contributed by atoms with Gasteiger partial charge in [0, 0.05) is 7.05 Å². The number of hydrogen-bond donors (Lipinski definition) is 2. The molecule has 3 rings (SSSR count). The van der Waals surface area contributed by atoms with Crippen molar-refractivity contribution in [2.45, 2.75) is 32.7 Å². The molecule has 1 aliphatic rings. The molecular formula is C20H25N5O4. The number of aromatic nitrogens is 2. The van der Waals surface area contributed by atoms with Gasteiger partial charge in [0.2, 0.25) is 5.91 Å². The second-order valence-corrected chi connectivity index (χ2v) is 7.03. The van der Waals surface area contributed by atoms with Crippen molar-refractivity contribution in [3.8, 4) is 5.75 Å². The average molecular weight is 399 g/mol. The number of hydrogen-bond acceptors (Lipinski definition) is 5. The molecular weight excluding hydrogens is 374 g/mol. The first-order valence-corrected chi connectivity index (χ1v) is 9.32. The van der Waals surface area contributed by atoms with Gasteiger partial charge in [0.25, 0.3) is 5.91 Å². The topological polar surface area (TPSA) is 106 Å². The number of ether oxygens (including phenoxy) is 1. The number of urea groups is 1. The summed E-state index contributed by atoms with van der Waals surface area (Å²) in [6, 6.07) is 6.35. The van der Waals surface area contributed by atoms with Crippen LogP contribution >= 0.6 is 0 Å². The third kappa shape index (κ3) is 3.43. The largest absolute Gasteiger partial charge is 0.497 e. The highest BCUT2D eigenvalue weighted by Gasteiger charge is 2.51. The molecule has 2 heterocycles. The van der Waals surface area contributed by atoms with Gasteiger partial charge >= 0.3 is 6.03 Å². The van der Waals surface area contributed by atoms with Crippen molar-refractivity contribution in [2.75, 3.05) is 19.0 Å². The summed E-state index contributed by atoms with van der Waals surface area (Å²) in [7, 11) is 3.33. The molecule has 0 spiro atoms. The van der Waals surface area contributed by atoms with Crippen molar-refractivity contribution in [3.63, 3.8) is 0 Å². The number of imide groups is 1. The second-order valence-electron chi connectivity index (χ2n) is 7.03. The van der Waals surface area contributed by atoms with Gasteiger partial charge in [0.1, 0.15) is 17.8 Å². The maximum absolute atomic E-state index is 13.2. The molecule has 1 aromatic carbocycles. The third-order valence-corrected chi connectivity index (χ3v) is 5.36. The summed E-state index contributed by atoms with van der Waals surface area (Å²) >= 11 is 0. The fourth-order valence-electron chi connectivity index (χ4n) is 3.56. The highest BCUT2D eigenvalue weighted by molar-refractivity contribution is 6.10. The fourth-order valence-corrected chi connectivity index (χ4v) is 3.56. The molecule has 1 aromatic heterocycles. The fraction of sp³-hybridized carbons (Fsp3) is 0.400. The van der Waals surface area contributed by atoms with Gasteiger partial charge in [-0.25, -0.2) is 4.79 Å². The van der Waals surface area contributed by atoms with Gasteiger partial charge in [-0.05, 0) is 38.0 Å². The summed E-state index contributed by atoms with van der Waals surface area (Å²) in [4.78, 5) is 39.2. The zero-order chi connectivity index (χ0) is 21.3. The van der Waals surface area contributed by atoms with Crippen molar-refractivity contribution < 1.29 is 19.1 Å². The number of rotatable bonds is 6. The number of amides is 4. The van der Waals surface area contributed by atoms with Gasteiger partial charge in [-0.2, -0.15) is 5.10 Å². The quantitative estimate of drug-likeness (QED) is 0.721. The van der Waals surface area contributed by atoms with E-state index in [4.69, 9.17) is 4.74 Å². The third-order valence-electron chi connectivity index (χ3n) is 5.36. The zero-order valence-electron chi connectivity index (χ0n) is 17.2. The van der Waals surface area contributed by atoms with E-state index < -0.39 is 23.4 Å². The SMILES string of the molecule is CC[C@]1(c2ccc(OC)cc2)NC(=O)N(CC(=O)Nc2c(C)nn(C)c2C)C1=O. The Labute approximate surface area is 169 Å². The first-order valence-electron chi connectivity index (χ1n) is 9.32. The van der Waals surface area contributed by atoms with Crippen LogP contribution in [0.15, 0.2) is 24.3 Å². The van der Waals surface area contributed by atoms with Crippen LogP contribution in [0, 0.1) is 13.8 Å². The van der Waals surface area contributed by atoms with E-state index in [-0.39, 0.29) is 6.54 Å². The molecule has 154 valence electrons. The lowest BCUT2D eigenvalue weighted by atomic mass is 9.87. The van der Waals surface area contributed by atoms with Gasteiger partial charge in [0.15, 0.2) is 0 Å². The molecule has 29 heavy (non-hydrogen) atoms. The van der Waals surface area contributed by atoms with Crippen molar-refractivity contribution in [1.82, 2.24) is 20.0 Å². The molecule has 2 aromatic rings. The van der Waals surface area contributed by atoms with E-state index in [0.717, 1.165) is 10.6 Å². The van der Waals surface area contributed by atoms with Crippen molar-refractivity contribution >= 4 is 23.5 Å². The van der Waals surface area contributed by atoms with Crippen LogP contribution in [0.2, 0.25) is 0 Å². The standard InChI is InChI=1S/C20H25N5O4/c1-6-20(14-7-9-15(29-5)10-8-14)18(27)25(19(28)22-20)11-16(26)21-17-12(2)23-24(4)13(17)3/h7-10H,6,11H2,1-5H3,(H,21,26)(H,22,28)/t20-/m1/s1. The molecule has 9 heteroatoms. The Hall–Kier alpha value is -3.36. The van der Waals surface area contributed by atoms with Gasteiger partial charge in [-0.1, -0.05) is 19.1 Å². The average Bonchev–Trinajstić information content (AvgIpc) is 3.09. The minimum Gasteiger partial charge on any atom is -0.497 e. The first-order chi connectivity index (χ1) is 13.7. The predicted molar refractivity (Wildman–Crippen MR) is 107 cm³/mol. The molecule has 0 unspecified atom stereocenters. The lowest BCUT2D eigenvalue weighted by molar-refractivity contribution is -0.134. The summed E-state index contributed by atoms with van der Waals surface area (Å²) in [5.41, 5.74) is 1.47. The van der Waals surface area contributed by atoms with E-state index in [1.54, 1.807) is 50.0 Å². The normalized spacial score (nSPS) is 18.7. The Morgan fingerprint density at radius 3 is 2.41 bits per heavy atom. The summed E-state index contributed by atoms with van der Waals surface area (Å²) in [5.74, 6) is -0.269. The lowest BCUT2D eigenvalue weighted by Crippen LogP contribution is -2.44. The van der Waals surface area contributed by atoms with E-state index in [1.165, 1.54) is 0 Å². The van der Waals surface area contributed by atoms with Gasteiger partial charge in [0.05, 0.1) is 24.2 Å². The molecule has 2 N–H and O–H groups in total.